The number of likely N-dealkylation sites (tertiary alicyclic amines) is 2. The van der Waals surface area contributed by atoms with E-state index in [-0.39, 0.29) is 17.9 Å². The molecule has 138 valence electrons. The van der Waals surface area contributed by atoms with Crippen LogP contribution in [0.15, 0.2) is 30.9 Å². The van der Waals surface area contributed by atoms with E-state index < -0.39 is 0 Å². The molecule has 2 fully saturated rings. The molecule has 0 unspecified atom stereocenters. The minimum Gasteiger partial charge on any atom is -0.350 e. The van der Waals surface area contributed by atoms with Crippen LogP contribution in [0.2, 0.25) is 0 Å². The Morgan fingerprint density at radius 2 is 2.04 bits per heavy atom. The van der Waals surface area contributed by atoms with Crippen LogP contribution in [0.25, 0.3) is 5.52 Å². The maximum atomic E-state index is 13.0. The fraction of sp³-hybridized carbons (Fsp3) is 0.526. The molecule has 26 heavy (non-hydrogen) atoms. The highest BCUT2D eigenvalue weighted by atomic mass is 16.2. The Bertz CT molecular complexity index is 796. The molecule has 0 radical (unpaired) electrons. The van der Waals surface area contributed by atoms with E-state index in [1.54, 1.807) is 12.5 Å². The summed E-state index contributed by atoms with van der Waals surface area (Å²) in [7, 11) is 0. The van der Waals surface area contributed by atoms with Gasteiger partial charge in [0.25, 0.3) is 5.91 Å². The molecule has 0 bridgehead atoms. The second-order valence-electron chi connectivity index (χ2n) is 7.25. The maximum absolute atomic E-state index is 13.0. The molecule has 2 aromatic rings. The smallest absolute Gasteiger partial charge is 0.256 e. The summed E-state index contributed by atoms with van der Waals surface area (Å²) in [6, 6.07) is 3.74. The van der Waals surface area contributed by atoms with Gasteiger partial charge < -0.3 is 14.6 Å². The fourth-order valence-electron chi connectivity index (χ4n) is 4.00. The number of nitrogens with one attached hydrogen (secondary N) is 1. The van der Waals surface area contributed by atoms with Gasteiger partial charge in [-0.15, -0.1) is 0 Å². The van der Waals surface area contributed by atoms with Crippen molar-refractivity contribution in [3.8, 4) is 0 Å². The lowest BCUT2D eigenvalue weighted by Crippen LogP contribution is -2.51. The highest BCUT2D eigenvalue weighted by Crippen LogP contribution is 2.17. The van der Waals surface area contributed by atoms with Gasteiger partial charge in [-0.05, 0) is 50.9 Å². The summed E-state index contributed by atoms with van der Waals surface area (Å²) in [5, 5.41) is 3.12. The van der Waals surface area contributed by atoms with Crippen molar-refractivity contribution in [1.29, 1.82) is 0 Å². The first kappa shape index (κ1) is 17.0. The van der Waals surface area contributed by atoms with Crippen LogP contribution in [0.5, 0.6) is 0 Å². The maximum Gasteiger partial charge on any atom is 0.256 e. The molecule has 7 heteroatoms. The Hall–Kier alpha value is -2.41. The first-order valence-electron chi connectivity index (χ1n) is 9.42. The molecule has 2 amide bonds. The van der Waals surface area contributed by atoms with Crippen LogP contribution in [-0.2, 0) is 4.79 Å². The summed E-state index contributed by atoms with van der Waals surface area (Å²) in [6.07, 6.45) is 9.49. The number of amides is 2. The average Bonchev–Trinajstić information content (AvgIpc) is 3.32. The zero-order valence-electron chi connectivity index (χ0n) is 14.9. The first-order valence-corrected chi connectivity index (χ1v) is 9.42. The number of piperidine rings is 1. The van der Waals surface area contributed by atoms with Gasteiger partial charge in [0, 0.05) is 25.3 Å². The number of hydrogen-bond donors (Lipinski definition) is 1. The van der Waals surface area contributed by atoms with Gasteiger partial charge in [0.2, 0.25) is 5.91 Å². The lowest BCUT2D eigenvalue weighted by molar-refractivity contribution is -0.123. The van der Waals surface area contributed by atoms with Crippen molar-refractivity contribution in [3.05, 3.63) is 36.4 Å². The highest BCUT2D eigenvalue weighted by molar-refractivity contribution is 6.00. The topological polar surface area (TPSA) is 70.0 Å². The molecule has 0 aliphatic carbocycles. The van der Waals surface area contributed by atoms with Crippen molar-refractivity contribution in [3.63, 3.8) is 0 Å². The third-order valence-electron chi connectivity index (χ3n) is 5.32. The largest absolute Gasteiger partial charge is 0.350 e. The standard InChI is InChI=1S/C19H25N5O2/c25-18(13-22-7-1-2-8-22)21-15-5-3-9-23(12-15)19(26)16-6-4-10-24-14-20-11-17(16)24/h4,6,10-11,14-15H,1-3,5,7-9,12-13H2,(H,21,25)/t15-/m0/s1. The number of carbonyl (C=O) groups excluding carboxylic acids is 2. The molecular weight excluding hydrogens is 330 g/mol. The third kappa shape index (κ3) is 3.58. The molecule has 4 heterocycles. The second kappa shape index (κ2) is 7.45. The molecule has 2 aliphatic rings. The summed E-state index contributed by atoms with van der Waals surface area (Å²) in [5.41, 5.74) is 1.48. The summed E-state index contributed by atoms with van der Waals surface area (Å²) in [6.45, 7) is 3.79. The van der Waals surface area contributed by atoms with E-state index in [1.165, 1.54) is 12.8 Å². The Kier molecular flexibility index (Phi) is 4.88. The van der Waals surface area contributed by atoms with E-state index in [2.05, 4.69) is 15.2 Å². The van der Waals surface area contributed by atoms with E-state index >= 15 is 0 Å². The Morgan fingerprint density at radius 3 is 2.88 bits per heavy atom. The van der Waals surface area contributed by atoms with Crippen molar-refractivity contribution in [1.82, 2.24) is 24.5 Å². The summed E-state index contributed by atoms with van der Waals surface area (Å²) < 4.78 is 1.85. The van der Waals surface area contributed by atoms with Gasteiger partial charge in [-0.2, -0.15) is 0 Å². The molecule has 0 aromatic carbocycles. The van der Waals surface area contributed by atoms with Gasteiger partial charge in [0.05, 0.1) is 30.1 Å². The average molecular weight is 355 g/mol. The van der Waals surface area contributed by atoms with Crippen LogP contribution in [0.3, 0.4) is 0 Å². The number of fused-ring (bicyclic) bond motifs is 1. The van der Waals surface area contributed by atoms with Gasteiger partial charge in [-0.25, -0.2) is 4.98 Å². The minimum absolute atomic E-state index is 0.00888. The molecule has 2 aliphatic heterocycles. The van der Waals surface area contributed by atoms with Crippen LogP contribution < -0.4 is 5.32 Å². The van der Waals surface area contributed by atoms with Crippen molar-refractivity contribution in [2.75, 3.05) is 32.7 Å². The number of aromatic nitrogens is 2. The lowest BCUT2D eigenvalue weighted by Gasteiger charge is -2.33. The third-order valence-corrected chi connectivity index (χ3v) is 5.32. The van der Waals surface area contributed by atoms with Gasteiger partial charge in [0.15, 0.2) is 0 Å². The van der Waals surface area contributed by atoms with Crippen LogP contribution in [-0.4, -0.2) is 69.8 Å². The summed E-state index contributed by atoms with van der Waals surface area (Å²) in [5.74, 6) is 0.0821. The molecule has 4 rings (SSSR count). The number of pyridine rings is 1. The number of hydrogen-bond acceptors (Lipinski definition) is 4. The highest BCUT2D eigenvalue weighted by Gasteiger charge is 2.27. The van der Waals surface area contributed by atoms with Crippen molar-refractivity contribution in [2.24, 2.45) is 0 Å². The monoisotopic (exact) mass is 355 g/mol. The number of nitrogens with zero attached hydrogens (tertiary/aromatic N) is 4. The van der Waals surface area contributed by atoms with E-state index in [1.807, 2.05) is 27.6 Å². The molecule has 1 atom stereocenters. The minimum atomic E-state index is 0.00888. The van der Waals surface area contributed by atoms with Crippen LogP contribution >= 0.6 is 0 Å². The molecular formula is C19H25N5O2. The Balaban J connectivity index is 1.39. The molecule has 2 saturated heterocycles. The predicted molar refractivity (Wildman–Crippen MR) is 97.9 cm³/mol. The number of rotatable bonds is 4. The summed E-state index contributed by atoms with van der Waals surface area (Å²) >= 11 is 0. The van der Waals surface area contributed by atoms with Crippen molar-refractivity contribution >= 4 is 17.3 Å². The van der Waals surface area contributed by atoms with Crippen LogP contribution in [0, 0.1) is 0 Å². The first-order chi connectivity index (χ1) is 12.7. The normalized spacial score (nSPS) is 21.2. The van der Waals surface area contributed by atoms with E-state index in [0.29, 0.717) is 18.7 Å². The Morgan fingerprint density at radius 1 is 1.19 bits per heavy atom. The van der Waals surface area contributed by atoms with Gasteiger partial charge in [-0.1, -0.05) is 0 Å². The van der Waals surface area contributed by atoms with Crippen molar-refractivity contribution < 1.29 is 9.59 Å². The Labute approximate surface area is 153 Å². The van der Waals surface area contributed by atoms with E-state index in [0.717, 1.165) is 38.0 Å². The SMILES string of the molecule is O=C(CN1CCCC1)N[C@H]1CCCN(C(=O)c2cccn3cncc23)C1. The predicted octanol–water partition coefficient (Wildman–Crippen LogP) is 1.15. The quantitative estimate of drug-likeness (QED) is 0.893. The lowest BCUT2D eigenvalue weighted by atomic mass is 10.0. The molecule has 0 saturated carbocycles. The van der Waals surface area contributed by atoms with E-state index in [9.17, 15) is 9.59 Å². The van der Waals surface area contributed by atoms with Gasteiger partial charge >= 0.3 is 0 Å². The van der Waals surface area contributed by atoms with Crippen molar-refractivity contribution in [2.45, 2.75) is 31.7 Å². The summed E-state index contributed by atoms with van der Waals surface area (Å²) in [4.78, 5) is 33.4. The molecule has 0 spiro atoms. The molecule has 7 nitrogen and oxygen atoms in total. The van der Waals surface area contributed by atoms with Gasteiger partial charge in [0.1, 0.15) is 0 Å². The van der Waals surface area contributed by atoms with E-state index in [4.69, 9.17) is 0 Å². The molecule has 1 N–H and O–H groups in total. The molecule has 2 aromatic heterocycles. The number of imidazole rings is 1. The second-order valence-corrected chi connectivity index (χ2v) is 7.25. The van der Waals surface area contributed by atoms with Crippen LogP contribution in [0.4, 0.5) is 0 Å². The fourth-order valence-corrected chi connectivity index (χ4v) is 4.00. The van der Waals surface area contributed by atoms with Crippen LogP contribution in [0.1, 0.15) is 36.0 Å². The zero-order chi connectivity index (χ0) is 17.9. The number of carbonyl (C=O) groups is 2. The zero-order valence-corrected chi connectivity index (χ0v) is 14.9. The van der Waals surface area contributed by atoms with Gasteiger partial charge in [-0.3, -0.25) is 14.5 Å².